The van der Waals surface area contributed by atoms with E-state index in [0.29, 0.717) is 6.54 Å². The molecule has 0 bridgehead atoms. The maximum atomic E-state index is 5.55. The van der Waals surface area contributed by atoms with E-state index in [9.17, 15) is 0 Å². The van der Waals surface area contributed by atoms with Gasteiger partial charge in [-0.2, -0.15) is 0 Å². The van der Waals surface area contributed by atoms with Gasteiger partial charge in [-0.3, -0.25) is 0 Å². The van der Waals surface area contributed by atoms with Crippen LogP contribution >= 0.6 is 0 Å². The van der Waals surface area contributed by atoms with Crippen LogP contribution in [0, 0.1) is 0 Å². The molecule has 16 heavy (non-hydrogen) atoms. The number of nitrogens with zero attached hydrogens (tertiary/aromatic N) is 2. The van der Waals surface area contributed by atoms with E-state index >= 15 is 0 Å². The second kappa shape index (κ2) is 5.47. The summed E-state index contributed by atoms with van der Waals surface area (Å²) in [5.74, 6) is 0. The fraction of sp³-hybridized carbons (Fsp3) is 0.308. The van der Waals surface area contributed by atoms with Gasteiger partial charge in [0.25, 0.3) is 0 Å². The third-order valence-electron chi connectivity index (χ3n) is 2.68. The van der Waals surface area contributed by atoms with Gasteiger partial charge >= 0.3 is 0 Å². The molecule has 1 aromatic heterocycles. The van der Waals surface area contributed by atoms with Gasteiger partial charge in [0, 0.05) is 24.9 Å². The first-order chi connectivity index (χ1) is 7.90. The molecule has 0 amide bonds. The van der Waals surface area contributed by atoms with Crippen LogP contribution in [0.15, 0.2) is 42.9 Å². The zero-order chi connectivity index (χ0) is 11.2. The summed E-state index contributed by atoms with van der Waals surface area (Å²) in [4.78, 5) is 4.16. The summed E-state index contributed by atoms with van der Waals surface area (Å²) in [5, 5.41) is 0. The van der Waals surface area contributed by atoms with Crippen molar-refractivity contribution in [2.45, 2.75) is 19.4 Å². The van der Waals surface area contributed by atoms with Crippen LogP contribution in [0.3, 0.4) is 0 Å². The summed E-state index contributed by atoms with van der Waals surface area (Å²) in [6.07, 6.45) is 5.72. The standard InChI is InChI=1S/C13H17N3/c14-8-6-13-10-15-11-16(13)9-7-12-4-2-1-3-5-12/h1-5,10-11H,6-9,14H2. The van der Waals surface area contributed by atoms with E-state index in [1.165, 1.54) is 11.3 Å². The van der Waals surface area contributed by atoms with Crippen molar-refractivity contribution in [3.63, 3.8) is 0 Å². The molecule has 0 saturated heterocycles. The lowest BCUT2D eigenvalue weighted by Crippen LogP contribution is -2.09. The van der Waals surface area contributed by atoms with Crippen LogP contribution < -0.4 is 5.73 Å². The Morgan fingerprint density at radius 1 is 1.12 bits per heavy atom. The van der Waals surface area contributed by atoms with Gasteiger partial charge in [0.1, 0.15) is 0 Å². The molecule has 0 unspecified atom stereocenters. The monoisotopic (exact) mass is 215 g/mol. The van der Waals surface area contributed by atoms with Crippen molar-refractivity contribution in [3.8, 4) is 0 Å². The van der Waals surface area contributed by atoms with Gasteiger partial charge in [0.15, 0.2) is 0 Å². The fourth-order valence-electron chi connectivity index (χ4n) is 1.80. The summed E-state index contributed by atoms with van der Waals surface area (Å²) in [7, 11) is 0. The number of hydrogen-bond acceptors (Lipinski definition) is 2. The van der Waals surface area contributed by atoms with Gasteiger partial charge in [-0.1, -0.05) is 30.3 Å². The minimum Gasteiger partial charge on any atom is -0.334 e. The van der Waals surface area contributed by atoms with Crippen LogP contribution in [-0.2, 0) is 19.4 Å². The molecule has 0 spiro atoms. The highest BCUT2D eigenvalue weighted by Gasteiger charge is 2.00. The normalized spacial score (nSPS) is 10.6. The molecule has 1 heterocycles. The number of aromatic nitrogens is 2. The largest absolute Gasteiger partial charge is 0.334 e. The van der Waals surface area contributed by atoms with E-state index in [4.69, 9.17) is 5.73 Å². The minimum atomic E-state index is 0.678. The van der Waals surface area contributed by atoms with Gasteiger partial charge in [0.2, 0.25) is 0 Å². The average Bonchev–Trinajstić information content (AvgIpc) is 2.76. The topological polar surface area (TPSA) is 43.8 Å². The lowest BCUT2D eigenvalue weighted by molar-refractivity contribution is 0.658. The molecule has 3 heteroatoms. The molecule has 0 saturated carbocycles. The van der Waals surface area contributed by atoms with E-state index in [2.05, 4.69) is 33.8 Å². The molecule has 0 aliphatic rings. The molecule has 1 aromatic carbocycles. The van der Waals surface area contributed by atoms with Crippen LogP contribution in [0.4, 0.5) is 0 Å². The predicted octanol–water partition coefficient (Wildman–Crippen LogP) is 1.63. The Balaban J connectivity index is 1.97. The quantitative estimate of drug-likeness (QED) is 0.823. The first-order valence-electron chi connectivity index (χ1n) is 5.63. The Kier molecular flexibility index (Phi) is 3.72. The Bertz CT molecular complexity index is 420. The van der Waals surface area contributed by atoms with Crippen LogP contribution in [0.25, 0.3) is 0 Å². The fourth-order valence-corrected chi connectivity index (χ4v) is 1.80. The third kappa shape index (κ3) is 2.70. The van der Waals surface area contributed by atoms with Crippen LogP contribution in [0.5, 0.6) is 0 Å². The van der Waals surface area contributed by atoms with Gasteiger partial charge < -0.3 is 10.3 Å². The maximum absolute atomic E-state index is 5.55. The highest BCUT2D eigenvalue weighted by molar-refractivity contribution is 5.14. The van der Waals surface area contributed by atoms with Crippen molar-refractivity contribution < 1.29 is 0 Å². The van der Waals surface area contributed by atoms with Crippen molar-refractivity contribution in [1.82, 2.24) is 9.55 Å². The zero-order valence-corrected chi connectivity index (χ0v) is 9.34. The second-order valence-electron chi connectivity index (χ2n) is 3.85. The summed E-state index contributed by atoms with van der Waals surface area (Å²) in [5.41, 5.74) is 8.13. The first-order valence-corrected chi connectivity index (χ1v) is 5.63. The predicted molar refractivity (Wildman–Crippen MR) is 65.1 cm³/mol. The van der Waals surface area contributed by atoms with E-state index in [1.54, 1.807) is 0 Å². The van der Waals surface area contributed by atoms with Crippen molar-refractivity contribution in [1.29, 1.82) is 0 Å². The molecule has 0 fully saturated rings. The Labute approximate surface area is 95.9 Å². The molecule has 0 aliphatic carbocycles. The summed E-state index contributed by atoms with van der Waals surface area (Å²) in [6, 6.07) is 10.5. The molecule has 84 valence electrons. The average molecular weight is 215 g/mol. The molecule has 2 N–H and O–H groups in total. The van der Waals surface area contributed by atoms with Crippen molar-refractivity contribution in [2.24, 2.45) is 5.73 Å². The lowest BCUT2D eigenvalue weighted by Gasteiger charge is -2.07. The van der Waals surface area contributed by atoms with Gasteiger partial charge in [-0.05, 0) is 18.5 Å². The summed E-state index contributed by atoms with van der Waals surface area (Å²) >= 11 is 0. The maximum Gasteiger partial charge on any atom is 0.0948 e. The van der Waals surface area contributed by atoms with Gasteiger partial charge in [0.05, 0.1) is 6.33 Å². The number of hydrogen-bond donors (Lipinski definition) is 1. The number of benzene rings is 1. The number of nitrogens with two attached hydrogens (primary N) is 1. The van der Waals surface area contributed by atoms with Crippen LogP contribution in [-0.4, -0.2) is 16.1 Å². The highest BCUT2D eigenvalue weighted by atomic mass is 15.0. The van der Waals surface area contributed by atoms with Crippen LogP contribution in [0.1, 0.15) is 11.3 Å². The molecular weight excluding hydrogens is 198 g/mol. The first kappa shape index (κ1) is 10.9. The lowest BCUT2D eigenvalue weighted by atomic mass is 10.1. The van der Waals surface area contributed by atoms with E-state index < -0.39 is 0 Å². The molecular formula is C13H17N3. The summed E-state index contributed by atoms with van der Waals surface area (Å²) < 4.78 is 2.18. The number of imidazole rings is 1. The SMILES string of the molecule is NCCc1cncn1CCc1ccccc1. The molecule has 0 radical (unpaired) electrons. The summed E-state index contributed by atoms with van der Waals surface area (Å²) in [6.45, 7) is 1.65. The van der Waals surface area contributed by atoms with Crippen molar-refractivity contribution in [3.05, 3.63) is 54.1 Å². The second-order valence-corrected chi connectivity index (χ2v) is 3.85. The Morgan fingerprint density at radius 3 is 2.69 bits per heavy atom. The smallest absolute Gasteiger partial charge is 0.0948 e. The molecule has 2 aromatic rings. The number of aryl methyl sites for hydroxylation is 2. The third-order valence-corrected chi connectivity index (χ3v) is 2.68. The molecule has 2 rings (SSSR count). The minimum absolute atomic E-state index is 0.678. The Morgan fingerprint density at radius 2 is 1.94 bits per heavy atom. The van der Waals surface area contributed by atoms with E-state index in [1.807, 2.05) is 18.6 Å². The molecule has 0 aliphatic heterocycles. The van der Waals surface area contributed by atoms with E-state index in [0.717, 1.165) is 19.4 Å². The zero-order valence-electron chi connectivity index (χ0n) is 9.34. The highest BCUT2D eigenvalue weighted by Crippen LogP contribution is 2.05. The van der Waals surface area contributed by atoms with Crippen molar-refractivity contribution in [2.75, 3.05) is 6.54 Å². The molecule has 3 nitrogen and oxygen atoms in total. The number of rotatable bonds is 5. The van der Waals surface area contributed by atoms with Crippen LogP contribution in [0.2, 0.25) is 0 Å². The Hall–Kier alpha value is -1.61. The van der Waals surface area contributed by atoms with Gasteiger partial charge in [-0.15, -0.1) is 0 Å². The van der Waals surface area contributed by atoms with Gasteiger partial charge in [-0.25, -0.2) is 4.98 Å². The van der Waals surface area contributed by atoms with Crippen molar-refractivity contribution >= 4 is 0 Å². The van der Waals surface area contributed by atoms with E-state index in [-0.39, 0.29) is 0 Å². The molecule has 0 atom stereocenters.